The third-order valence-corrected chi connectivity index (χ3v) is 7.74. The van der Waals surface area contributed by atoms with E-state index in [1.165, 1.54) is 6.07 Å². The highest BCUT2D eigenvalue weighted by atomic mass is 32.2. The number of halogens is 1. The minimum absolute atomic E-state index is 0.0540. The summed E-state index contributed by atoms with van der Waals surface area (Å²) in [5.41, 5.74) is 4.69. The van der Waals surface area contributed by atoms with E-state index in [2.05, 4.69) is 14.9 Å². The Balaban J connectivity index is 1.69. The Morgan fingerprint density at radius 1 is 1.00 bits per heavy atom. The first-order valence-electron chi connectivity index (χ1n) is 12.6. The molecule has 0 saturated carbocycles. The van der Waals surface area contributed by atoms with E-state index < -0.39 is 16.7 Å². The average Bonchev–Trinajstić information content (AvgIpc) is 3.23. The molecule has 0 fully saturated rings. The third-order valence-electron chi connectivity index (χ3n) is 6.34. The first-order valence-corrected chi connectivity index (χ1v) is 14.1. The van der Waals surface area contributed by atoms with Crippen molar-refractivity contribution in [1.82, 2.24) is 10.1 Å². The van der Waals surface area contributed by atoms with Gasteiger partial charge in [0.2, 0.25) is 0 Å². The second-order valence-electron chi connectivity index (χ2n) is 9.22. The van der Waals surface area contributed by atoms with Crippen molar-refractivity contribution in [2.24, 2.45) is 0 Å². The van der Waals surface area contributed by atoms with E-state index in [-0.39, 0.29) is 30.5 Å². The van der Waals surface area contributed by atoms with Crippen LogP contribution in [0.4, 0.5) is 10.2 Å². The predicted octanol–water partition coefficient (Wildman–Crippen LogP) is 5.84. The number of aryl methyl sites for hydroxylation is 3. The summed E-state index contributed by atoms with van der Waals surface area (Å²) < 4.78 is 64.5. The molecule has 0 unspecified atom stereocenters. The molecule has 2 aromatic carbocycles. The van der Waals surface area contributed by atoms with E-state index >= 15 is 0 Å². The van der Waals surface area contributed by atoms with Crippen molar-refractivity contribution in [3.8, 4) is 22.6 Å². The number of methoxy groups -OCH3 is 1. The van der Waals surface area contributed by atoms with Gasteiger partial charge in [0, 0.05) is 22.9 Å². The highest BCUT2D eigenvalue weighted by Crippen LogP contribution is 2.34. The molecule has 0 saturated heterocycles. The van der Waals surface area contributed by atoms with Crippen LogP contribution >= 0.6 is 0 Å². The second-order valence-corrected chi connectivity index (χ2v) is 10.9. The summed E-state index contributed by atoms with van der Waals surface area (Å²) in [6, 6.07) is 14.0. The highest BCUT2D eigenvalue weighted by Gasteiger charge is 2.23. The van der Waals surface area contributed by atoms with Crippen molar-refractivity contribution in [1.29, 1.82) is 0 Å². The van der Waals surface area contributed by atoms with Gasteiger partial charge in [0.05, 0.1) is 30.9 Å². The van der Waals surface area contributed by atoms with Crippen LogP contribution in [0.2, 0.25) is 0 Å². The monoisotopic (exact) mass is 569 g/mol. The Kier molecular flexibility index (Phi) is 9.06. The van der Waals surface area contributed by atoms with E-state index in [0.29, 0.717) is 39.5 Å². The lowest BCUT2D eigenvalue weighted by molar-refractivity contribution is 0.107. The van der Waals surface area contributed by atoms with E-state index in [1.807, 2.05) is 32.0 Å². The number of anilines is 1. The van der Waals surface area contributed by atoms with Crippen molar-refractivity contribution in [2.75, 3.05) is 25.1 Å². The molecule has 0 aliphatic heterocycles. The topological polar surface area (TPSA) is 113 Å². The Labute approximate surface area is 233 Å². The number of alkyl halides is 1. The number of nitrogens with zero attached hydrogens (tertiary/aromatic N) is 2. The summed E-state index contributed by atoms with van der Waals surface area (Å²) in [4.78, 5) is 4.46. The first kappa shape index (κ1) is 29.0. The summed E-state index contributed by atoms with van der Waals surface area (Å²) in [7, 11) is -2.47. The smallest absolute Gasteiger partial charge is 0.263 e. The molecule has 0 spiro atoms. The fraction of sp³-hybridized carbons (Fsp3) is 0.310. The number of hydrogen-bond donors (Lipinski definition) is 1. The zero-order valence-electron chi connectivity index (χ0n) is 23.1. The van der Waals surface area contributed by atoms with Gasteiger partial charge < -0.3 is 18.7 Å². The quantitative estimate of drug-likeness (QED) is 0.212. The van der Waals surface area contributed by atoms with E-state index in [1.54, 1.807) is 45.2 Å². The second kappa shape index (κ2) is 12.5. The molecule has 212 valence electrons. The molecular formula is C29H32FN3O6S. The largest absolute Gasteiger partial charge is 0.491 e. The highest BCUT2D eigenvalue weighted by molar-refractivity contribution is 7.92. The van der Waals surface area contributed by atoms with Crippen molar-refractivity contribution in [2.45, 2.75) is 45.8 Å². The van der Waals surface area contributed by atoms with Gasteiger partial charge in [-0.15, -0.1) is 0 Å². The molecule has 0 bridgehead atoms. The zero-order chi connectivity index (χ0) is 28.9. The number of nitrogens with one attached hydrogen (secondary N) is 1. The van der Waals surface area contributed by atoms with Crippen LogP contribution < -0.4 is 14.2 Å². The molecule has 0 amide bonds. The Bertz CT molecular complexity index is 1600. The lowest BCUT2D eigenvalue weighted by Crippen LogP contribution is -2.15. The molecule has 2 aromatic heterocycles. The van der Waals surface area contributed by atoms with Gasteiger partial charge in [0.15, 0.2) is 17.3 Å². The summed E-state index contributed by atoms with van der Waals surface area (Å²) >= 11 is 0. The summed E-state index contributed by atoms with van der Waals surface area (Å²) in [5, 5.41) is 3.83. The standard InChI is InChI=1S/C29H32FN3O6S/c1-18-14-26(28(36-5)20(3)31-18)38-16-22-10-11-24(23(15-22)17-37-13-12-30)25-8-6-7-9-27(25)40(34,35)33-29-19(2)21(4)39-32-29/h6-11,14-15H,12-13,16-17H2,1-5H3,(H,32,33). The van der Waals surface area contributed by atoms with Gasteiger partial charge in [0.25, 0.3) is 10.0 Å². The number of sulfonamides is 1. The van der Waals surface area contributed by atoms with Gasteiger partial charge >= 0.3 is 0 Å². The molecule has 40 heavy (non-hydrogen) atoms. The van der Waals surface area contributed by atoms with Crippen LogP contribution in [-0.4, -0.2) is 38.9 Å². The lowest BCUT2D eigenvalue weighted by Gasteiger charge is -2.17. The normalized spacial score (nSPS) is 11.4. The van der Waals surface area contributed by atoms with Crippen molar-refractivity contribution >= 4 is 15.8 Å². The maximum atomic E-state index is 13.5. The van der Waals surface area contributed by atoms with Crippen LogP contribution in [0, 0.1) is 27.7 Å². The molecule has 0 aliphatic carbocycles. The van der Waals surface area contributed by atoms with Crippen LogP contribution in [0.3, 0.4) is 0 Å². The van der Waals surface area contributed by atoms with Crippen LogP contribution in [0.5, 0.6) is 11.5 Å². The summed E-state index contributed by atoms with van der Waals surface area (Å²) in [6.07, 6.45) is 0. The molecule has 1 N–H and O–H groups in total. The molecule has 4 rings (SSSR count). The van der Waals surface area contributed by atoms with E-state index in [9.17, 15) is 12.8 Å². The Hall–Kier alpha value is -3.96. The Morgan fingerprint density at radius 2 is 1.77 bits per heavy atom. The minimum atomic E-state index is -4.03. The van der Waals surface area contributed by atoms with Crippen molar-refractivity contribution < 1.29 is 31.5 Å². The first-order chi connectivity index (χ1) is 19.1. The van der Waals surface area contributed by atoms with E-state index in [4.69, 9.17) is 18.7 Å². The maximum Gasteiger partial charge on any atom is 0.263 e. The maximum absolute atomic E-state index is 13.5. The molecule has 2 heterocycles. The van der Waals surface area contributed by atoms with Crippen LogP contribution in [-0.2, 0) is 28.0 Å². The lowest BCUT2D eigenvalue weighted by atomic mass is 9.98. The van der Waals surface area contributed by atoms with Gasteiger partial charge in [-0.3, -0.25) is 9.71 Å². The molecular weight excluding hydrogens is 537 g/mol. The third kappa shape index (κ3) is 6.43. The minimum Gasteiger partial charge on any atom is -0.491 e. The van der Waals surface area contributed by atoms with Crippen molar-refractivity contribution in [3.63, 3.8) is 0 Å². The van der Waals surface area contributed by atoms with Crippen LogP contribution in [0.15, 0.2) is 57.9 Å². The molecule has 9 nitrogen and oxygen atoms in total. The van der Waals surface area contributed by atoms with Crippen molar-refractivity contribution in [3.05, 3.63) is 82.4 Å². The zero-order valence-corrected chi connectivity index (χ0v) is 23.9. The fourth-order valence-corrected chi connectivity index (χ4v) is 5.55. The molecule has 0 aliphatic rings. The SMILES string of the molecule is COc1c(OCc2ccc(-c3ccccc3S(=O)(=O)Nc3noc(C)c3C)c(COCCF)c2)cc(C)nc1C. The fourth-order valence-electron chi connectivity index (χ4n) is 4.27. The Morgan fingerprint density at radius 3 is 2.48 bits per heavy atom. The number of ether oxygens (including phenoxy) is 3. The number of benzene rings is 2. The number of pyridine rings is 1. The van der Waals surface area contributed by atoms with E-state index in [0.717, 1.165) is 17.0 Å². The van der Waals surface area contributed by atoms with Gasteiger partial charge in [-0.2, -0.15) is 0 Å². The molecule has 4 aromatic rings. The number of aromatic nitrogens is 2. The van der Waals surface area contributed by atoms with Gasteiger partial charge in [-0.1, -0.05) is 35.5 Å². The van der Waals surface area contributed by atoms with Gasteiger partial charge in [0.1, 0.15) is 19.0 Å². The van der Waals surface area contributed by atoms with Crippen LogP contribution in [0.25, 0.3) is 11.1 Å². The predicted molar refractivity (Wildman–Crippen MR) is 149 cm³/mol. The van der Waals surface area contributed by atoms with Crippen LogP contribution in [0.1, 0.15) is 33.8 Å². The molecule has 11 heteroatoms. The molecule has 0 atom stereocenters. The number of hydrogen-bond acceptors (Lipinski definition) is 8. The van der Waals surface area contributed by atoms with Gasteiger partial charge in [-0.05, 0) is 56.5 Å². The summed E-state index contributed by atoms with van der Waals surface area (Å²) in [6.45, 7) is 6.72. The number of rotatable bonds is 12. The summed E-state index contributed by atoms with van der Waals surface area (Å²) in [5.74, 6) is 1.76. The van der Waals surface area contributed by atoms with Gasteiger partial charge in [-0.25, -0.2) is 12.8 Å². The molecule has 0 radical (unpaired) electrons. The average molecular weight is 570 g/mol.